The second-order valence-corrected chi connectivity index (χ2v) is 6.02. The zero-order valence-electron chi connectivity index (χ0n) is 13.4. The van der Waals surface area contributed by atoms with Crippen molar-refractivity contribution in [2.24, 2.45) is 0 Å². The average Bonchev–Trinajstić information content (AvgIpc) is 2.52. The van der Waals surface area contributed by atoms with Crippen LogP contribution in [0.15, 0.2) is 42.5 Å². The number of ether oxygens (including phenoxy) is 1. The van der Waals surface area contributed by atoms with Crippen molar-refractivity contribution in [3.05, 3.63) is 59.2 Å². The minimum atomic E-state index is -4.66. The third-order valence-corrected chi connectivity index (χ3v) is 4.06. The summed E-state index contributed by atoms with van der Waals surface area (Å²) in [4.78, 5) is 2.28. The van der Waals surface area contributed by atoms with E-state index < -0.39 is 6.36 Å². The molecule has 1 aliphatic rings. The van der Waals surface area contributed by atoms with Crippen molar-refractivity contribution in [3.8, 4) is 5.75 Å². The first-order chi connectivity index (χ1) is 11.4. The van der Waals surface area contributed by atoms with E-state index in [0.29, 0.717) is 6.54 Å². The summed E-state index contributed by atoms with van der Waals surface area (Å²) >= 11 is 0. The molecule has 0 aromatic heterocycles. The Morgan fingerprint density at radius 2 is 1.83 bits per heavy atom. The van der Waals surface area contributed by atoms with Crippen LogP contribution in [0.2, 0.25) is 0 Å². The third-order valence-electron chi connectivity index (χ3n) is 4.06. The van der Waals surface area contributed by atoms with Crippen molar-refractivity contribution in [2.75, 3.05) is 18.9 Å². The predicted molar refractivity (Wildman–Crippen MR) is 86.9 cm³/mol. The number of anilines is 1. The van der Waals surface area contributed by atoms with Crippen LogP contribution < -0.4 is 10.1 Å². The molecule has 24 heavy (non-hydrogen) atoms. The summed E-state index contributed by atoms with van der Waals surface area (Å²) in [5.74, 6) is -0.205. The van der Waals surface area contributed by atoms with Gasteiger partial charge in [-0.25, -0.2) is 0 Å². The number of likely N-dealkylation sites (N-methyl/N-ethyl adjacent to an activating group) is 1. The van der Waals surface area contributed by atoms with Crippen LogP contribution in [0.3, 0.4) is 0 Å². The Labute approximate surface area is 139 Å². The van der Waals surface area contributed by atoms with Crippen LogP contribution in [0.25, 0.3) is 0 Å². The highest BCUT2D eigenvalue weighted by Crippen LogP contribution is 2.24. The highest BCUT2D eigenvalue weighted by molar-refractivity contribution is 5.50. The molecule has 0 saturated heterocycles. The highest BCUT2D eigenvalue weighted by Gasteiger charge is 2.30. The molecule has 0 bridgehead atoms. The van der Waals surface area contributed by atoms with Crippen molar-refractivity contribution in [1.82, 2.24) is 4.90 Å². The number of fused-ring (bicyclic) bond motifs is 1. The summed E-state index contributed by atoms with van der Waals surface area (Å²) in [6.45, 7) is 2.56. The second-order valence-electron chi connectivity index (χ2n) is 6.02. The van der Waals surface area contributed by atoms with Crippen molar-refractivity contribution in [2.45, 2.75) is 25.9 Å². The zero-order chi connectivity index (χ0) is 17.2. The van der Waals surface area contributed by atoms with Gasteiger partial charge in [-0.05, 0) is 54.4 Å². The zero-order valence-corrected chi connectivity index (χ0v) is 13.4. The van der Waals surface area contributed by atoms with Crippen LogP contribution in [-0.4, -0.2) is 24.9 Å². The van der Waals surface area contributed by atoms with Gasteiger partial charge in [-0.1, -0.05) is 18.2 Å². The molecule has 0 spiro atoms. The van der Waals surface area contributed by atoms with E-state index in [0.717, 1.165) is 30.8 Å². The van der Waals surface area contributed by atoms with Crippen LogP contribution in [0.1, 0.15) is 16.7 Å². The van der Waals surface area contributed by atoms with Crippen LogP contribution in [0.4, 0.5) is 18.9 Å². The quantitative estimate of drug-likeness (QED) is 0.906. The van der Waals surface area contributed by atoms with E-state index in [2.05, 4.69) is 34.1 Å². The Kier molecular flexibility index (Phi) is 4.66. The lowest BCUT2D eigenvalue weighted by molar-refractivity contribution is -0.274. The molecule has 0 fully saturated rings. The number of benzene rings is 2. The minimum absolute atomic E-state index is 0.205. The molecule has 0 aliphatic carbocycles. The molecule has 1 N–H and O–H groups in total. The molecule has 2 aromatic rings. The van der Waals surface area contributed by atoms with Crippen LogP contribution >= 0.6 is 0 Å². The number of hydrogen-bond acceptors (Lipinski definition) is 3. The summed E-state index contributed by atoms with van der Waals surface area (Å²) in [5.41, 5.74) is 4.61. The summed E-state index contributed by atoms with van der Waals surface area (Å²) in [6, 6.07) is 12.2. The fourth-order valence-corrected chi connectivity index (χ4v) is 2.82. The summed E-state index contributed by atoms with van der Waals surface area (Å²) in [6.07, 6.45) is -3.59. The first kappa shape index (κ1) is 16.6. The molecule has 2 aromatic carbocycles. The fraction of sp³-hybridized carbons (Fsp3) is 0.333. The molecule has 0 unspecified atom stereocenters. The SMILES string of the molecule is CN1CCc2ccc(NCc3ccc(OC(F)(F)F)cc3)cc2C1. The first-order valence-electron chi connectivity index (χ1n) is 7.78. The molecule has 3 nitrogen and oxygen atoms in total. The largest absolute Gasteiger partial charge is 0.573 e. The maximum atomic E-state index is 12.1. The summed E-state index contributed by atoms with van der Waals surface area (Å²) in [5, 5.41) is 3.31. The van der Waals surface area contributed by atoms with Gasteiger partial charge in [0.05, 0.1) is 0 Å². The lowest BCUT2D eigenvalue weighted by atomic mass is 9.99. The Bertz CT molecular complexity index is 698. The van der Waals surface area contributed by atoms with E-state index in [1.807, 2.05) is 6.07 Å². The predicted octanol–water partition coefficient (Wildman–Crippen LogP) is 4.19. The van der Waals surface area contributed by atoms with Crippen molar-refractivity contribution in [3.63, 3.8) is 0 Å². The number of alkyl halides is 3. The molecule has 0 saturated carbocycles. The lowest BCUT2D eigenvalue weighted by Gasteiger charge is -2.25. The smallest absolute Gasteiger partial charge is 0.406 e. The van der Waals surface area contributed by atoms with Gasteiger partial charge in [0.1, 0.15) is 5.75 Å². The Balaban J connectivity index is 1.60. The van der Waals surface area contributed by atoms with E-state index >= 15 is 0 Å². The highest BCUT2D eigenvalue weighted by atomic mass is 19.4. The number of nitrogens with zero attached hydrogens (tertiary/aromatic N) is 1. The topological polar surface area (TPSA) is 24.5 Å². The molecule has 0 amide bonds. The van der Waals surface area contributed by atoms with Crippen molar-refractivity contribution in [1.29, 1.82) is 0 Å². The Hall–Kier alpha value is -2.21. The van der Waals surface area contributed by atoms with Gasteiger partial charge in [-0.3, -0.25) is 0 Å². The number of nitrogens with one attached hydrogen (secondary N) is 1. The molecular weight excluding hydrogens is 317 g/mol. The fourth-order valence-electron chi connectivity index (χ4n) is 2.82. The normalized spacial score (nSPS) is 15.0. The molecule has 3 rings (SSSR count). The molecule has 1 aliphatic heterocycles. The van der Waals surface area contributed by atoms with Crippen molar-refractivity contribution >= 4 is 5.69 Å². The summed E-state index contributed by atoms with van der Waals surface area (Å²) < 4.78 is 40.3. The van der Waals surface area contributed by atoms with Crippen molar-refractivity contribution < 1.29 is 17.9 Å². The average molecular weight is 336 g/mol. The Morgan fingerprint density at radius 1 is 1.08 bits per heavy atom. The number of rotatable bonds is 4. The van der Waals surface area contributed by atoms with E-state index in [-0.39, 0.29) is 5.75 Å². The minimum Gasteiger partial charge on any atom is -0.406 e. The van der Waals surface area contributed by atoms with Gasteiger partial charge in [0.2, 0.25) is 0 Å². The second kappa shape index (κ2) is 6.73. The van der Waals surface area contributed by atoms with E-state index in [1.165, 1.54) is 23.3 Å². The lowest BCUT2D eigenvalue weighted by Crippen LogP contribution is -2.26. The first-order valence-corrected chi connectivity index (χ1v) is 7.78. The van der Waals surface area contributed by atoms with E-state index in [1.54, 1.807) is 12.1 Å². The van der Waals surface area contributed by atoms with Gasteiger partial charge in [-0.15, -0.1) is 13.2 Å². The Morgan fingerprint density at radius 3 is 2.54 bits per heavy atom. The summed E-state index contributed by atoms with van der Waals surface area (Å²) in [7, 11) is 2.10. The standard InChI is InChI=1S/C18H19F3N2O/c1-23-9-8-14-4-5-16(10-15(14)12-23)22-11-13-2-6-17(7-3-13)24-18(19,20)21/h2-7,10,22H,8-9,11-12H2,1H3. The van der Waals surface area contributed by atoms with Gasteiger partial charge < -0.3 is 15.0 Å². The van der Waals surface area contributed by atoms with Crippen LogP contribution in [-0.2, 0) is 19.5 Å². The van der Waals surface area contributed by atoms with E-state index in [9.17, 15) is 13.2 Å². The molecule has 1 heterocycles. The van der Waals surface area contributed by atoms with Crippen LogP contribution in [0.5, 0.6) is 5.75 Å². The molecule has 0 radical (unpaired) electrons. The van der Waals surface area contributed by atoms with Gasteiger partial charge in [-0.2, -0.15) is 0 Å². The monoisotopic (exact) mass is 336 g/mol. The number of hydrogen-bond donors (Lipinski definition) is 1. The maximum absolute atomic E-state index is 12.1. The third kappa shape index (κ3) is 4.41. The van der Waals surface area contributed by atoms with Gasteiger partial charge in [0, 0.05) is 25.3 Å². The van der Waals surface area contributed by atoms with Gasteiger partial charge in [0.15, 0.2) is 0 Å². The molecule has 128 valence electrons. The van der Waals surface area contributed by atoms with Gasteiger partial charge in [0.25, 0.3) is 0 Å². The maximum Gasteiger partial charge on any atom is 0.573 e. The van der Waals surface area contributed by atoms with Gasteiger partial charge >= 0.3 is 6.36 Å². The molecule has 0 atom stereocenters. The number of halogens is 3. The van der Waals surface area contributed by atoms with E-state index in [4.69, 9.17) is 0 Å². The van der Waals surface area contributed by atoms with Crippen LogP contribution in [0, 0.1) is 0 Å². The molecule has 6 heteroatoms. The molecular formula is C18H19F3N2O.